The zero-order valence-corrected chi connectivity index (χ0v) is 16.3. The molecule has 4 rings (SSSR count). The first-order chi connectivity index (χ1) is 13.7. The maximum Gasteiger partial charge on any atom is 0.314 e. The van der Waals surface area contributed by atoms with Crippen LogP contribution in [0.5, 0.6) is 5.75 Å². The van der Waals surface area contributed by atoms with E-state index in [4.69, 9.17) is 19.5 Å². The Labute approximate surface area is 167 Å². The molecule has 5 nitrogen and oxygen atoms in total. The van der Waals surface area contributed by atoms with Crippen LogP contribution in [0.2, 0.25) is 0 Å². The first-order valence-corrected chi connectivity index (χ1v) is 10.7. The zero-order chi connectivity index (χ0) is 19.3. The van der Waals surface area contributed by atoms with Crippen molar-refractivity contribution < 1.29 is 19.0 Å². The first kappa shape index (κ1) is 19.4. The summed E-state index contributed by atoms with van der Waals surface area (Å²) in [4.78, 5) is 12.5. The number of benzene rings is 1. The number of nitrogens with zero attached hydrogens (tertiary/aromatic N) is 1. The van der Waals surface area contributed by atoms with Gasteiger partial charge in [0.15, 0.2) is 0 Å². The van der Waals surface area contributed by atoms with Crippen molar-refractivity contribution in [1.29, 1.82) is 5.26 Å². The van der Waals surface area contributed by atoms with Crippen molar-refractivity contribution in [3.05, 3.63) is 29.8 Å². The predicted molar refractivity (Wildman–Crippen MR) is 104 cm³/mol. The molecule has 3 aliphatic rings. The molecule has 3 fully saturated rings. The van der Waals surface area contributed by atoms with Gasteiger partial charge in [-0.1, -0.05) is 0 Å². The number of hydrogen-bond acceptors (Lipinski definition) is 5. The lowest BCUT2D eigenvalue weighted by atomic mass is 9.70. The molecule has 1 aliphatic heterocycles. The quantitative estimate of drug-likeness (QED) is 0.417. The summed E-state index contributed by atoms with van der Waals surface area (Å²) in [5.74, 6) is 1.94. The van der Waals surface area contributed by atoms with Crippen LogP contribution >= 0.6 is 0 Å². The normalized spacial score (nSPS) is 32.3. The van der Waals surface area contributed by atoms with Crippen molar-refractivity contribution in [1.82, 2.24) is 0 Å². The summed E-state index contributed by atoms with van der Waals surface area (Å²) in [5.41, 5.74) is 0.571. The van der Waals surface area contributed by atoms with E-state index < -0.39 is 0 Å². The van der Waals surface area contributed by atoms with Crippen molar-refractivity contribution in [2.75, 3.05) is 13.2 Å². The molecule has 0 N–H and O–H groups in total. The smallest absolute Gasteiger partial charge is 0.314 e. The minimum absolute atomic E-state index is 0.00473. The summed E-state index contributed by atoms with van der Waals surface area (Å²) in [6.45, 7) is 1.63. The van der Waals surface area contributed by atoms with E-state index in [2.05, 4.69) is 6.07 Å². The van der Waals surface area contributed by atoms with Crippen LogP contribution < -0.4 is 4.74 Å². The Bertz CT molecular complexity index is 690. The van der Waals surface area contributed by atoms with Crippen molar-refractivity contribution >= 4 is 5.97 Å². The van der Waals surface area contributed by atoms with Crippen molar-refractivity contribution in [3.63, 3.8) is 0 Å². The molecule has 1 aromatic rings. The third kappa shape index (κ3) is 5.12. The van der Waals surface area contributed by atoms with E-state index in [1.54, 1.807) is 24.3 Å². The van der Waals surface area contributed by atoms with E-state index in [0.29, 0.717) is 23.5 Å². The van der Waals surface area contributed by atoms with Crippen LogP contribution in [0.1, 0.15) is 56.9 Å². The Kier molecular flexibility index (Phi) is 6.29. The molecule has 1 aromatic carbocycles. The van der Waals surface area contributed by atoms with Crippen LogP contribution in [0.3, 0.4) is 0 Å². The average molecular weight is 383 g/mol. The van der Waals surface area contributed by atoms with Gasteiger partial charge in [0.1, 0.15) is 11.9 Å². The van der Waals surface area contributed by atoms with Gasteiger partial charge >= 0.3 is 5.97 Å². The molecule has 1 saturated heterocycles. The number of hydrogen-bond donors (Lipinski definition) is 0. The Balaban J connectivity index is 1.18. The van der Waals surface area contributed by atoms with Crippen LogP contribution in [0.4, 0.5) is 0 Å². The number of epoxide rings is 1. The summed E-state index contributed by atoms with van der Waals surface area (Å²) in [7, 11) is 0. The van der Waals surface area contributed by atoms with Crippen molar-refractivity contribution in [2.45, 2.75) is 63.6 Å². The molecular weight excluding hydrogens is 354 g/mol. The van der Waals surface area contributed by atoms with Gasteiger partial charge in [0.05, 0.1) is 36.9 Å². The molecule has 5 heteroatoms. The van der Waals surface area contributed by atoms with Crippen molar-refractivity contribution in [3.8, 4) is 11.8 Å². The summed E-state index contributed by atoms with van der Waals surface area (Å²) >= 11 is 0. The molecule has 1 heterocycles. The Morgan fingerprint density at radius 2 is 1.61 bits per heavy atom. The molecule has 0 amide bonds. The third-order valence-electron chi connectivity index (χ3n) is 6.61. The van der Waals surface area contributed by atoms with Gasteiger partial charge in [0, 0.05) is 0 Å². The molecule has 2 aliphatic carbocycles. The Morgan fingerprint density at radius 3 is 2.18 bits per heavy atom. The molecule has 1 unspecified atom stereocenters. The highest BCUT2D eigenvalue weighted by Crippen LogP contribution is 2.41. The Morgan fingerprint density at radius 1 is 1.00 bits per heavy atom. The fraction of sp³-hybridized carbons (Fsp3) is 0.652. The van der Waals surface area contributed by atoms with E-state index in [1.165, 1.54) is 12.8 Å². The highest BCUT2D eigenvalue weighted by molar-refractivity contribution is 5.75. The minimum Gasteiger partial charge on any atom is -0.426 e. The minimum atomic E-state index is -0.123. The number of ether oxygens (including phenoxy) is 3. The SMILES string of the molecule is N#Cc1ccc(OC(=O)C2CCC(C3CCC(OCC4CO4)CC3)CC2)cc1. The van der Waals surface area contributed by atoms with Gasteiger partial charge in [-0.2, -0.15) is 5.26 Å². The second kappa shape index (κ2) is 9.07. The topological polar surface area (TPSA) is 71.8 Å². The molecule has 0 spiro atoms. The van der Waals surface area contributed by atoms with Crippen molar-refractivity contribution in [2.24, 2.45) is 17.8 Å². The second-order valence-electron chi connectivity index (χ2n) is 8.49. The van der Waals surface area contributed by atoms with Crippen LogP contribution in [-0.4, -0.2) is 31.4 Å². The molecule has 28 heavy (non-hydrogen) atoms. The molecule has 1 atom stereocenters. The fourth-order valence-corrected chi connectivity index (χ4v) is 4.76. The second-order valence-corrected chi connectivity index (χ2v) is 8.49. The zero-order valence-electron chi connectivity index (χ0n) is 16.3. The maximum absolute atomic E-state index is 12.5. The predicted octanol–water partition coefficient (Wildman–Crippen LogP) is 4.24. The molecule has 0 radical (unpaired) electrons. The van der Waals surface area contributed by atoms with Crippen LogP contribution in [0.25, 0.3) is 0 Å². The van der Waals surface area contributed by atoms with Gasteiger partial charge in [-0.05, 0) is 87.5 Å². The highest BCUT2D eigenvalue weighted by Gasteiger charge is 2.34. The number of carbonyl (C=O) groups is 1. The largest absolute Gasteiger partial charge is 0.426 e. The van der Waals surface area contributed by atoms with Crippen LogP contribution in [0.15, 0.2) is 24.3 Å². The van der Waals surface area contributed by atoms with E-state index >= 15 is 0 Å². The summed E-state index contributed by atoms with van der Waals surface area (Å²) in [6.07, 6.45) is 9.71. The molecular formula is C23H29NO4. The summed E-state index contributed by atoms with van der Waals surface area (Å²) in [6, 6.07) is 8.81. The average Bonchev–Trinajstić information content (AvgIpc) is 3.58. The van der Waals surface area contributed by atoms with E-state index in [-0.39, 0.29) is 11.9 Å². The number of carbonyl (C=O) groups excluding carboxylic acids is 1. The summed E-state index contributed by atoms with van der Waals surface area (Å²) < 4.78 is 16.7. The molecule has 2 saturated carbocycles. The van der Waals surface area contributed by atoms with Gasteiger partial charge in [-0.25, -0.2) is 0 Å². The van der Waals surface area contributed by atoms with Gasteiger partial charge in [0.2, 0.25) is 0 Å². The number of nitriles is 1. The fourth-order valence-electron chi connectivity index (χ4n) is 4.76. The highest BCUT2D eigenvalue weighted by atomic mass is 16.6. The van der Waals surface area contributed by atoms with Gasteiger partial charge in [-0.15, -0.1) is 0 Å². The van der Waals surface area contributed by atoms with E-state index in [1.807, 2.05) is 0 Å². The third-order valence-corrected chi connectivity index (χ3v) is 6.61. The number of rotatable bonds is 6. The maximum atomic E-state index is 12.5. The van der Waals surface area contributed by atoms with E-state index in [9.17, 15) is 4.79 Å². The monoisotopic (exact) mass is 383 g/mol. The Hall–Kier alpha value is -1.90. The lowest BCUT2D eigenvalue weighted by Gasteiger charge is -2.37. The van der Waals surface area contributed by atoms with Crippen LogP contribution in [0, 0.1) is 29.1 Å². The van der Waals surface area contributed by atoms with Gasteiger partial charge in [-0.3, -0.25) is 4.79 Å². The summed E-state index contributed by atoms with van der Waals surface area (Å²) in [5, 5.41) is 8.84. The van der Waals surface area contributed by atoms with Gasteiger partial charge < -0.3 is 14.2 Å². The van der Waals surface area contributed by atoms with Crippen LogP contribution in [-0.2, 0) is 14.3 Å². The lowest BCUT2D eigenvalue weighted by Crippen LogP contribution is -2.31. The van der Waals surface area contributed by atoms with E-state index in [0.717, 1.165) is 63.6 Å². The number of esters is 1. The lowest BCUT2D eigenvalue weighted by molar-refractivity contribution is -0.140. The molecule has 0 aromatic heterocycles. The first-order valence-electron chi connectivity index (χ1n) is 10.7. The molecule has 150 valence electrons. The van der Waals surface area contributed by atoms with Gasteiger partial charge in [0.25, 0.3) is 0 Å². The molecule has 0 bridgehead atoms. The standard InChI is InChI=1S/C23H29NO4/c24-13-16-1-9-21(10-2-16)28-23(25)19-5-3-17(4-6-19)18-7-11-20(12-8-18)26-14-22-15-27-22/h1-2,9-10,17-20,22H,3-8,11-12,14-15H2.